The lowest BCUT2D eigenvalue weighted by atomic mass is 10.2. The fraction of sp³-hybridized carbons (Fsp3) is 0.588. The van der Waals surface area contributed by atoms with Crippen molar-refractivity contribution in [3.05, 3.63) is 35.6 Å². The van der Waals surface area contributed by atoms with E-state index in [0.717, 1.165) is 5.56 Å². The van der Waals surface area contributed by atoms with E-state index in [4.69, 9.17) is 0 Å². The maximum atomic E-state index is 13.3. The van der Waals surface area contributed by atoms with E-state index in [-0.39, 0.29) is 29.8 Å². The normalized spacial score (nSPS) is 12.1. The van der Waals surface area contributed by atoms with E-state index in [0.29, 0.717) is 38.6 Å². The first-order chi connectivity index (χ1) is 11.7. The maximum Gasteiger partial charge on any atom is 0.401 e. The molecule has 1 aromatic rings. The highest BCUT2D eigenvalue weighted by Crippen LogP contribution is 2.15. The van der Waals surface area contributed by atoms with Gasteiger partial charge in [0.15, 0.2) is 5.96 Å². The molecule has 0 aliphatic heterocycles. The highest BCUT2D eigenvalue weighted by molar-refractivity contribution is 14.0. The Bertz CT molecular complexity index is 552. The van der Waals surface area contributed by atoms with Crippen LogP contribution in [-0.2, 0) is 6.54 Å². The van der Waals surface area contributed by atoms with Crippen LogP contribution in [0.25, 0.3) is 0 Å². The Hall–Kier alpha value is -1.10. The van der Waals surface area contributed by atoms with Gasteiger partial charge < -0.3 is 10.2 Å². The lowest BCUT2D eigenvalue weighted by molar-refractivity contribution is -0.143. The summed E-state index contributed by atoms with van der Waals surface area (Å²) in [6.45, 7) is 2.89. The topological polar surface area (TPSA) is 30.9 Å². The van der Waals surface area contributed by atoms with E-state index in [1.807, 2.05) is 24.9 Å². The van der Waals surface area contributed by atoms with Crippen molar-refractivity contribution in [1.29, 1.82) is 0 Å². The van der Waals surface area contributed by atoms with Crippen molar-refractivity contribution in [2.75, 3.05) is 40.3 Å². The molecule has 26 heavy (non-hydrogen) atoms. The highest BCUT2D eigenvalue weighted by Gasteiger charge is 2.28. The number of nitrogens with zero attached hydrogens (tertiary/aromatic N) is 3. The molecule has 150 valence electrons. The SMILES string of the molecule is CCNC(=NCCCN(C)CC(F)(F)F)N(C)Cc1cccc(F)c1.I. The smallest absolute Gasteiger partial charge is 0.357 e. The van der Waals surface area contributed by atoms with E-state index >= 15 is 0 Å². The van der Waals surface area contributed by atoms with Gasteiger partial charge in [-0.1, -0.05) is 12.1 Å². The fourth-order valence-corrected chi connectivity index (χ4v) is 2.36. The summed E-state index contributed by atoms with van der Waals surface area (Å²) in [5.74, 6) is 0.353. The molecular formula is C17H27F4IN4. The Morgan fingerprint density at radius 1 is 1.23 bits per heavy atom. The molecule has 4 nitrogen and oxygen atoms in total. The molecular weight excluding hydrogens is 463 g/mol. The Morgan fingerprint density at radius 2 is 1.92 bits per heavy atom. The van der Waals surface area contributed by atoms with Crippen LogP contribution in [-0.4, -0.2) is 62.2 Å². The zero-order chi connectivity index (χ0) is 18.9. The monoisotopic (exact) mass is 490 g/mol. The Labute approximate surface area is 169 Å². The molecule has 0 bridgehead atoms. The standard InChI is InChI=1S/C17H26F4N4.HI/c1-4-22-16(23-9-6-10-24(2)13-17(19,20)21)25(3)12-14-7-5-8-15(18)11-14;/h5,7-8,11H,4,6,9-10,12-13H2,1-3H3,(H,22,23);1H. The van der Waals surface area contributed by atoms with Crippen LogP contribution in [0, 0.1) is 5.82 Å². The number of hydrogen-bond acceptors (Lipinski definition) is 2. The number of benzene rings is 1. The van der Waals surface area contributed by atoms with Gasteiger partial charge in [0.1, 0.15) is 5.82 Å². The number of aliphatic imine (C=N–C) groups is 1. The number of alkyl halides is 3. The van der Waals surface area contributed by atoms with Gasteiger partial charge in [0.2, 0.25) is 0 Å². The third kappa shape index (κ3) is 10.8. The van der Waals surface area contributed by atoms with Crippen molar-refractivity contribution >= 4 is 29.9 Å². The van der Waals surface area contributed by atoms with Gasteiger partial charge >= 0.3 is 6.18 Å². The third-order valence-corrected chi connectivity index (χ3v) is 3.41. The molecule has 0 aliphatic carbocycles. The van der Waals surface area contributed by atoms with Gasteiger partial charge in [0.05, 0.1) is 6.54 Å². The van der Waals surface area contributed by atoms with Crippen molar-refractivity contribution in [3.8, 4) is 0 Å². The second kappa shape index (κ2) is 12.3. The van der Waals surface area contributed by atoms with Crippen molar-refractivity contribution in [2.24, 2.45) is 4.99 Å². The van der Waals surface area contributed by atoms with Gasteiger partial charge in [-0.25, -0.2) is 4.39 Å². The van der Waals surface area contributed by atoms with Crippen LogP contribution in [0.1, 0.15) is 18.9 Å². The molecule has 0 aliphatic rings. The maximum absolute atomic E-state index is 13.3. The Kier molecular flexibility index (Phi) is 11.8. The van der Waals surface area contributed by atoms with E-state index in [1.54, 1.807) is 6.07 Å². The molecule has 0 fully saturated rings. The molecule has 0 spiro atoms. The molecule has 0 unspecified atom stereocenters. The van der Waals surface area contributed by atoms with Crippen LogP contribution in [0.15, 0.2) is 29.3 Å². The van der Waals surface area contributed by atoms with E-state index in [9.17, 15) is 17.6 Å². The van der Waals surface area contributed by atoms with Crippen LogP contribution >= 0.6 is 24.0 Å². The van der Waals surface area contributed by atoms with E-state index in [1.165, 1.54) is 24.1 Å². The summed E-state index contributed by atoms with van der Waals surface area (Å²) in [6, 6.07) is 6.33. The second-order valence-electron chi connectivity index (χ2n) is 5.93. The van der Waals surface area contributed by atoms with Gasteiger partial charge in [-0.2, -0.15) is 13.2 Å². The molecule has 1 N–H and O–H groups in total. The van der Waals surface area contributed by atoms with Gasteiger partial charge in [-0.15, -0.1) is 24.0 Å². The molecule has 9 heteroatoms. The predicted octanol–water partition coefficient (Wildman–Crippen LogP) is 3.73. The minimum absolute atomic E-state index is 0. The molecule has 1 aromatic carbocycles. The summed E-state index contributed by atoms with van der Waals surface area (Å²) in [6.07, 6.45) is -3.66. The number of halogens is 5. The van der Waals surface area contributed by atoms with Crippen LogP contribution in [0.5, 0.6) is 0 Å². The van der Waals surface area contributed by atoms with Crippen LogP contribution < -0.4 is 5.32 Å². The lowest BCUT2D eigenvalue weighted by Crippen LogP contribution is -2.38. The molecule has 0 saturated carbocycles. The van der Waals surface area contributed by atoms with Gasteiger partial charge in [0, 0.05) is 26.7 Å². The fourth-order valence-electron chi connectivity index (χ4n) is 2.36. The summed E-state index contributed by atoms with van der Waals surface area (Å²) in [7, 11) is 3.28. The molecule has 1 rings (SSSR count). The van der Waals surface area contributed by atoms with Crippen molar-refractivity contribution in [3.63, 3.8) is 0 Å². The summed E-state index contributed by atoms with van der Waals surface area (Å²) in [5.41, 5.74) is 0.818. The molecule has 0 aromatic heterocycles. The molecule has 0 saturated heterocycles. The minimum Gasteiger partial charge on any atom is -0.357 e. The summed E-state index contributed by atoms with van der Waals surface area (Å²) in [4.78, 5) is 7.52. The Balaban J connectivity index is 0.00000625. The molecule has 0 amide bonds. The van der Waals surface area contributed by atoms with Crippen molar-refractivity contribution in [1.82, 2.24) is 15.1 Å². The zero-order valence-electron chi connectivity index (χ0n) is 15.3. The number of guanidine groups is 1. The average molecular weight is 490 g/mol. The van der Waals surface area contributed by atoms with E-state index < -0.39 is 12.7 Å². The second-order valence-corrected chi connectivity index (χ2v) is 5.93. The van der Waals surface area contributed by atoms with Crippen molar-refractivity contribution in [2.45, 2.75) is 26.1 Å². The van der Waals surface area contributed by atoms with Gasteiger partial charge in [-0.05, 0) is 44.6 Å². The number of rotatable bonds is 8. The quantitative estimate of drug-likeness (QED) is 0.198. The first-order valence-corrected chi connectivity index (χ1v) is 8.20. The first kappa shape index (κ1) is 24.9. The summed E-state index contributed by atoms with van der Waals surface area (Å²) >= 11 is 0. The number of hydrogen-bond donors (Lipinski definition) is 1. The largest absolute Gasteiger partial charge is 0.401 e. The zero-order valence-corrected chi connectivity index (χ0v) is 17.6. The minimum atomic E-state index is -4.18. The molecule has 0 atom stereocenters. The molecule has 0 heterocycles. The van der Waals surface area contributed by atoms with Crippen molar-refractivity contribution < 1.29 is 17.6 Å². The third-order valence-electron chi connectivity index (χ3n) is 3.41. The van der Waals surface area contributed by atoms with Gasteiger partial charge in [0.25, 0.3) is 0 Å². The van der Waals surface area contributed by atoms with Crippen LogP contribution in [0.2, 0.25) is 0 Å². The van der Waals surface area contributed by atoms with Gasteiger partial charge in [-0.3, -0.25) is 9.89 Å². The summed E-state index contributed by atoms with van der Waals surface area (Å²) in [5, 5.41) is 3.13. The Morgan fingerprint density at radius 3 is 2.50 bits per heavy atom. The lowest BCUT2D eigenvalue weighted by Gasteiger charge is -2.22. The number of nitrogens with one attached hydrogen (secondary N) is 1. The molecule has 0 radical (unpaired) electrons. The average Bonchev–Trinajstić information content (AvgIpc) is 2.48. The predicted molar refractivity (Wildman–Crippen MR) is 107 cm³/mol. The first-order valence-electron chi connectivity index (χ1n) is 8.20. The summed E-state index contributed by atoms with van der Waals surface area (Å²) < 4.78 is 50.1. The van der Waals surface area contributed by atoms with Crippen LogP contribution in [0.3, 0.4) is 0 Å². The van der Waals surface area contributed by atoms with E-state index in [2.05, 4.69) is 10.3 Å². The highest BCUT2D eigenvalue weighted by atomic mass is 127. The van der Waals surface area contributed by atoms with Crippen LogP contribution in [0.4, 0.5) is 17.6 Å².